The average Bonchev–Trinajstić information content (AvgIpc) is 3.42. The number of fused-ring (bicyclic) bond motifs is 1. The second kappa shape index (κ2) is 9.29. The molecule has 7 nitrogen and oxygen atoms in total. The van der Waals surface area contributed by atoms with Crippen LogP contribution in [0.25, 0.3) is 22.3 Å². The van der Waals surface area contributed by atoms with Gasteiger partial charge in [-0.2, -0.15) is 0 Å². The number of hydrogen-bond donors (Lipinski definition) is 1. The molecule has 3 fully saturated rings. The summed E-state index contributed by atoms with van der Waals surface area (Å²) in [5, 5.41) is 1.13. The Labute approximate surface area is 200 Å². The van der Waals surface area contributed by atoms with E-state index in [9.17, 15) is 4.79 Å². The number of H-pyrrole nitrogens is 1. The molecule has 3 aromatic rings. The largest absolute Gasteiger partial charge is 0.492 e. The van der Waals surface area contributed by atoms with Crippen LogP contribution >= 0.6 is 0 Å². The van der Waals surface area contributed by atoms with Gasteiger partial charge in [-0.25, -0.2) is 4.98 Å². The number of piperazine rings is 1. The maximum Gasteiger partial charge on any atom is 0.225 e. The van der Waals surface area contributed by atoms with Crippen molar-refractivity contribution in [1.82, 2.24) is 19.8 Å². The van der Waals surface area contributed by atoms with E-state index in [-0.39, 0.29) is 0 Å². The summed E-state index contributed by atoms with van der Waals surface area (Å²) in [5.74, 6) is 1.57. The second-order valence-corrected chi connectivity index (χ2v) is 9.78. The lowest BCUT2D eigenvalue weighted by atomic mass is 10.1. The molecule has 7 heteroatoms. The molecular weight excluding hydrogens is 426 g/mol. The van der Waals surface area contributed by atoms with Crippen molar-refractivity contribution in [3.8, 4) is 17.0 Å². The van der Waals surface area contributed by atoms with E-state index < -0.39 is 0 Å². The molecule has 1 saturated carbocycles. The minimum absolute atomic E-state index is 0.299. The van der Waals surface area contributed by atoms with Crippen LogP contribution in [0.1, 0.15) is 25.7 Å². The molecule has 0 radical (unpaired) electrons. The summed E-state index contributed by atoms with van der Waals surface area (Å²) in [6.07, 6.45) is 6.64. The van der Waals surface area contributed by atoms with E-state index >= 15 is 0 Å². The number of pyridine rings is 1. The first-order valence-electron chi connectivity index (χ1n) is 12.7. The summed E-state index contributed by atoms with van der Waals surface area (Å²) in [6, 6.07) is 12.6. The maximum atomic E-state index is 12.4. The number of aromatic amines is 1. The number of anilines is 1. The predicted octanol–water partition coefficient (Wildman–Crippen LogP) is 3.76. The minimum Gasteiger partial charge on any atom is -0.492 e. The molecule has 1 aromatic carbocycles. The number of likely N-dealkylation sites (tertiary alicyclic amines) is 1. The number of hydrogen-bond acceptors (Lipinski definition) is 5. The third-order valence-electron chi connectivity index (χ3n) is 7.41. The summed E-state index contributed by atoms with van der Waals surface area (Å²) in [4.78, 5) is 27.4. The van der Waals surface area contributed by atoms with Crippen molar-refractivity contribution in [2.75, 3.05) is 57.3 Å². The highest BCUT2D eigenvalue weighted by Gasteiger charge is 2.34. The number of nitrogens with one attached hydrogen (secondary N) is 1. The van der Waals surface area contributed by atoms with Crippen molar-refractivity contribution >= 4 is 22.6 Å². The molecule has 1 amide bonds. The number of benzene rings is 1. The van der Waals surface area contributed by atoms with Gasteiger partial charge in [0.1, 0.15) is 18.0 Å². The minimum atomic E-state index is 0.299. The number of nitrogens with zero attached hydrogens (tertiary/aromatic N) is 4. The molecule has 0 unspecified atom stereocenters. The molecule has 4 heterocycles. The van der Waals surface area contributed by atoms with Crippen molar-refractivity contribution in [2.45, 2.75) is 25.7 Å². The Balaban J connectivity index is 1.12. The lowest BCUT2D eigenvalue weighted by Gasteiger charge is -2.36. The van der Waals surface area contributed by atoms with Crippen LogP contribution in [0.4, 0.5) is 5.69 Å². The third-order valence-corrected chi connectivity index (χ3v) is 7.41. The van der Waals surface area contributed by atoms with Gasteiger partial charge in [-0.15, -0.1) is 0 Å². The quantitative estimate of drug-likeness (QED) is 0.583. The van der Waals surface area contributed by atoms with Crippen LogP contribution in [0.15, 0.2) is 42.6 Å². The summed E-state index contributed by atoms with van der Waals surface area (Å²) in [7, 11) is 0. The van der Waals surface area contributed by atoms with Gasteiger partial charge >= 0.3 is 0 Å². The average molecular weight is 460 g/mol. The molecule has 178 valence electrons. The fraction of sp³-hybridized carbons (Fsp3) is 0.481. The molecule has 0 bridgehead atoms. The number of carbonyl (C=O) groups excluding carboxylic acids is 1. The van der Waals surface area contributed by atoms with Crippen LogP contribution in [0.5, 0.6) is 5.75 Å². The SMILES string of the molecule is O=C(C1CC1)N1CCN(c2ccnc3[nH]c(-c4ccc(OCCN5CCCC5)cc4)cc23)CC1. The number of rotatable bonds is 7. The standard InChI is InChI=1S/C27H33N5O2/c33-27(21-3-4-21)32-15-13-31(14-16-32)25-9-10-28-26-23(25)19-24(29-26)20-5-7-22(8-6-20)34-18-17-30-11-1-2-12-30/h5-10,19,21H,1-4,11-18H2,(H,28,29). The zero-order valence-corrected chi connectivity index (χ0v) is 19.7. The molecule has 3 aliphatic rings. The molecule has 2 saturated heterocycles. The zero-order valence-electron chi connectivity index (χ0n) is 19.7. The highest BCUT2D eigenvalue weighted by molar-refractivity contribution is 5.94. The Morgan fingerprint density at radius 1 is 1.00 bits per heavy atom. The fourth-order valence-electron chi connectivity index (χ4n) is 5.23. The van der Waals surface area contributed by atoms with Gasteiger partial charge in [0, 0.05) is 61.6 Å². The first-order valence-corrected chi connectivity index (χ1v) is 12.7. The van der Waals surface area contributed by atoms with Crippen molar-refractivity contribution in [2.24, 2.45) is 5.92 Å². The monoisotopic (exact) mass is 459 g/mol. The van der Waals surface area contributed by atoms with Gasteiger partial charge in [0.25, 0.3) is 0 Å². The van der Waals surface area contributed by atoms with Crippen molar-refractivity contribution in [1.29, 1.82) is 0 Å². The van der Waals surface area contributed by atoms with Crippen LogP contribution in [0.3, 0.4) is 0 Å². The number of ether oxygens (including phenoxy) is 1. The summed E-state index contributed by atoms with van der Waals surface area (Å²) in [5.41, 5.74) is 4.26. The van der Waals surface area contributed by atoms with Gasteiger partial charge in [0.15, 0.2) is 0 Å². The zero-order chi connectivity index (χ0) is 22.9. The summed E-state index contributed by atoms with van der Waals surface area (Å²) < 4.78 is 5.96. The number of amides is 1. The maximum absolute atomic E-state index is 12.4. The lowest BCUT2D eigenvalue weighted by molar-refractivity contribution is -0.132. The van der Waals surface area contributed by atoms with Crippen molar-refractivity contribution in [3.05, 3.63) is 42.6 Å². The smallest absolute Gasteiger partial charge is 0.225 e. The molecule has 2 aliphatic heterocycles. The van der Waals surface area contributed by atoms with Crippen LogP contribution < -0.4 is 9.64 Å². The molecular formula is C27H33N5O2. The van der Waals surface area contributed by atoms with E-state index in [1.165, 1.54) is 31.6 Å². The van der Waals surface area contributed by atoms with Gasteiger partial charge in [-0.1, -0.05) is 0 Å². The van der Waals surface area contributed by atoms with Crippen molar-refractivity contribution < 1.29 is 9.53 Å². The third kappa shape index (κ3) is 4.49. The van der Waals surface area contributed by atoms with E-state index in [2.05, 4.69) is 56.2 Å². The molecule has 0 atom stereocenters. The van der Waals surface area contributed by atoms with E-state index in [0.717, 1.165) is 80.2 Å². The Kier molecular flexibility index (Phi) is 5.87. The Morgan fingerprint density at radius 2 is 1.76 bits per heavy atom. The molecule has 2 aromatic heterocycles. The van der Waals surface area contributed by atoms with Crippen LogP contribution in [-0.2, 0) is 4.79 Å². The lowest BCUT2D eigenvalue weighted by Crippen LogP contribution is -2.49. The van der Waals surface area contributed by atoms with E-state index in [4.69, 9.17) is 4.74 Å². The Bertz CT molecular complexity index is 1140. The number of aromatic nitrogens is 2. The Hall–Kier alpha value is -3.06. The van der Waals surface area contributed by atoms with Crippen LogP contribution in [-0.4, -0.2) is 78.1 Å². The van der Waals surface area contributed by atoms with E-state index in [0.29, 0.717) is 11.8 Å². The molecule has 6 rings (SSSR count). The molecule has 0 spiro atoms. The van der Waals surface area contributed by atoms with E-state index in [1.54, 1.807) is 0 Å². The van der Waals surface area contributed by atoms with Gasteiger partial charge in [0.2, 0.25) is 5.91 Å². The van der Waals surface area contributed by atoms with Gasteiger partial charge in [-0.3, -0.25) is 9.69 Å². The Morgan fingerprint density at radius 3 is 2.50 bits per heavy atom. The molecule has 1 aliphatic carbocycles. The first-order chi connectivity index (χ1) is 16.7. The molecule has 34 heavy (non-hydrogen) atoms. The van der Waals surface area contributed by atoms with Crippen molar-refractivity contribution in [3.63, 3.8) is 0 Å². The van der Waals surface area contributed by atoms with Gasteiger partial charge in [0.05, 0.1) is 0 Å². The highest BCUT2D eigenvalue weighted by atomic mass is 16.5. The topological polar surface area (TPSA) is 64.7 Å². The summed E-state index contributed by atoms with van der Waals surface area (Å²) >= 11 is 0. The predicted molar refractivity (Wildman–Crippen MR) is 134 cm³/mol. The van der Waals surface area contributed by atoms with Gasteiger partial charge < -0.3 is 19.5 Å². The summed E-state index contributed by atoms with van der Waals surface area (Å²) in [6.45, 7) is 7.47. The van der Waals surface area contributed by atoms with Crippen LogP contribution in [0.2, 0.25) is 0 Å². The van der Waals surface area contributed by atoms with Gasteiger partial charge in [-0.05, 0) is 80.7 Å². The second-order valence-electron chi connectivity index (χ2n) is 9.78. The van der Waals surface area contributed by atoms with Crippen LogP contribution in [0, 0.1) is 5.92 Å². The fourth-order valence-corrected chi connectivity index (χ4v) is 5.23. The number of carbonyl (C=O) groups is 1. The normalized spacial score (nSPS) is 19.2. The highest BCUT2D eigenvalue weighted by Crippen LogP contribution is 2.33. The first kappa shape index (κ1) is 21.5. The molecule has 1 N–H and O–H groups in total. The van der Waals surface area contributed by atoms with E-state index in [1.807, 2.05) is 11.1 Å².